The molecule has 1 aromatic carbocycles. The quantitative estimate of drug-likeness (QED) is 0.423. The van der Waals surface area contributed by atoms with Crippen LogP contribution in [0.3, 0.4) is 0 Å². The fourth-order valence-electron chi connectivity index (χ4n) is 4.04. The third-order valence-electron chi connectivity index (χ3n) is 6.21. The number of amides is 1. The maximum Gasteiger partial charge on any atom is 0.388 e. The topological polar surface area (TPSA) is 120 Å². The predicted octanol–water partition coefficient (Wildman–Crippen LogP) is 3.33. The van der Waals surface area contributed by atoms with Crippen molar-refractivity contribution in [2.24, 2.45) is 0 Å². The first-order valence-corrected chi connectivity index (χ1v) is 11.0. The van der Waals surface area contributed by atoms with E-state index in [4.69, 9.17) is 5.73 Å². The van der Waals surface area contributed by atoms with Gasteiger partial charge in [-0.05, 0) is 25.8 Å². The third-order valence-corrected chi connectivity index (χ3v) is 6.21. The SMILES string of the molecule is C=C1Nc2nc(-c3cc(OC(F)F)n(Cc4cccc(F)c4F)n3)nc(N)c2C1(C)C(=O)NC1CC1. The minimum atomic E-state index is -3.20. The molecule has 188 valence electrons. The Balaban J connectivity index is 1.53. The summed E-state index contributed by atoms with van der Waals surface area (Å²) in [5.74, 6) is -2.81. The molecule has 1 unspecified atom stereocenters. The van der Waals surface area contributed by atoms with Crippen LogP contribution in [0.15, 0.2) is 36.5 Å². The van der Waals surface area contributed by atoms with E-state index >= 15 is 0 Å². The third kappa shape index (κ3) is 3.99. The van der Waals surface area contributed by atoms with Gasteiger partial charge in [0.2, 0.25) is 11.8 Å². The zero-order valence-corrected chi connectivity index (χ0v) is 19.0. The van der Waals surface area contributed by atoms with E-state index in [1.165, 1.54) is 12.1 Å². The van der Waals surface area contributed by atoms with Crippen LogP contribution in [0.5, 0.6) is 5.88 Å². The number of anilines is 2. The molecule has 4 N–H and O–H groups in total. The second kappa shape index (κ2) is 8.50. The van der Waals surface area contributed by atoms with Crippen LogP contribution in [-0.2, 0) is 16.8 Å². The largest absolute Gasteiger partial charge is 0.417 e. The summed E-state index contributed by atoms with van der Waals surface area (Å²) in [5.41, 5.74) is 5.54. The van der Waals surface area contributed by atoms with Gasteiger partial charge in [0.15, 0.2) is 17.5 Å². The lowest BCUT2D eigenvalue weighted by Gasteiger charge is -2.24. The Hall–Kier alpha value is -4.16. The Labute approximate surface area is 202 Å². The van der Waals surface area contributed by atoms with E-state index in [1.807, 2.05) is 0 Å². The highest BCUT2D eigenvalue weighted by molar-refractivity contribution is 5.98. The molecule has 2 aliphatic rings. The van der Waals surface area contributed by atoms with Crippen LogP contribution < -0.4 is 21.1 Å². The van der Waals surface area contributed by atoms with Gasteiger partial charge >= 0.3 is 6.61 Å². The Morgan fingerprint density at radius 2 is 2.11 bits per heavy atom. The molecule has 3 aromatic rings. The average Bonchev–Trinajstić information content (AvgIpc) is 3.48. The summed E-state index contributed by atoms with van der Waals surface area (Å²) in [7, 11) is 0. The second-order valence-electron chi connectivity index (χ2n) is 8.75. The standard InChI is InChI=1S/C23H21F4N7O2/c1-10-23(2,21(35)30-12-6-7-12)16-18(28)31-19(32-20(16)29-10)14-8-15(36-22(26)27)34(33-14)9-11-4-3-5-13(24)17(11)25/h3-5,8,12,22H,1,6-7,9H2,2H3,(H,30,35)(H3,28,29,31,32). The minimum Gasteiger partial charge on any atom is -0.417 e. The van der Waals surface area contributed by atoms with Crippen molar-refractivity contribution in [1.29, 1.82) is 0 Å². The molecule has 1 atom stereocenters. The molecule has 0 radical (unpaired) electrons. The van der Waals surface area contributed by atoms with Crippen molar-refractivity contribution >= 4 is 17.5 Å². The van der Waals surface area contributed by atoms with Gasteiger partial charge in [-0.2, -0.15) is 13.9 Å². The lowest BCUT2D eigenvalue weighted by Crippen LogP contribution is -2.43. The number of fused-ring (bicyclic) bond motifs is 1. The van der Waals surface area contributed by atoms with Crippen LogP contribution >= 0.6 is 0 Å². The molecule has 1 aliphatic carbocycles. The van der Waals surface area contributed by atoms with Crippen LogP contribution in [0, 0.1) is 11.6 Å². The van der Waals surface area contributed by atoms with Crippen LogP contribution in [0.4, 0.5) is 29.2 Å². The number of rotatable bonds is 7. The van der Waals surface area contributed by atoms with Crippen LogP contribution in [-0.4, -0.2) is 38.3 Å². The normalized spacial score (nSPS) is 18.8. The van der Waals surface area contributed by atoms with E-state index in [0.717, 1.165) is 29.7 Å². The molecule has 0 saturated heterocycles. The number of aromatic nitrogens is 4. The summed E-state index contributed by atoms with van der Waals surface area (Å²) in [6.45, 7) is 1.99. The van der Waals surface area contributed by atoms with Gasteiger partial charge in [0.1, 0.15) is 22.7 Å². The number of benzene rings is 1. The summed E-state index contributed by atoms with van der Waals surface area (Å²) >= 11 is 0. The molecule has 1 fully saturated rings. The molecule has 5 rings (SSSR count). The van der Waals surface area contributed by atoms with Crippen molar-refractivity contribution in [2.45, 2.75) is 44.4 Å². The predicted molar refractivity (Wildman–Crippen MR) is 121 cm³/mol. The Morgan fingerprint density at radius 1 is 1.36 bits per heavy atom. The van der Waals surface area contributed by atoms with Crippen molar-refractivity contribution in [3.63, 3.8) is 0 Å². The number of alkyl halides is 2. The first-order valence-electron chi connectivity index (χ1n) is 11.0. The van der Waals surface area contributed by atoms with E-state index < -0.39 is 36.1 Å². The van der Waals surface area contributed by atoms with Crippen LogP contribution in [0.1, 0.15) is 30.9 Å². The summed E-state index contributed by atoms with van der Waals surface area (Å²) in [4.78, 5) is 21.6. The average molecular weight is 503 g/mol. The fraction of sp³-hybridized carbons (Fsp3) is 0.304. The lowest BCUT2D eigenvalue weighted by molar-refractivity contribution is -0.124. The molecule has 1 aliphatic heterocycles. The van der Waals surface area contributed by atoms with Crippen LogP contribution in [0.25, 0.3) is 11.5 Å². The number of nitrogens with one attached hydrogen (secondary N) is 2. The Morgan fingerprint density at radius 3 is 2.81 bits per heavy atom. The molecule has 36 heavy (non-hydrogen) atoms. The molecular formula is C23H21F4N7O2. The number of nitrogens with zero attached hydrogens (tertiary/aromatic N) is 4. The number of nitrogen functional groups attached to an aromatic ring is 1. The summed E-state index contributed by atoms with van der Waals surface area (Å²) < 4.78 is 59.3. The lowest BCUT2D eigenvalue weighted by atomic mass is 9.81. The number of hydrogen-bond donors (Lipinski definition) is 3. The van der Waals surface area contributed by atoms with Crippen molar-refractivity contribution < 1.29 is 27.1 Å². The molecule has 1 amide bonds. The second-order valence-corrected chi connectivity index (χ2v) is 8.75. The molecular weight excluding hydrogens is 482 g/mol. The van der Waals surface area contributed by atoms with Gasteiger partial charge < -0.3 is 21.1 Å². The van der Waals surface area contributed by atoms with Gasteiger partial charge in [0, 0.05) is 23.4 Å². The van der Waals surface area contributed by atoms with E-state index in [-0.39, 0.29) is 40.7 Å². The van der Waals surface area contributed by atoms with Gasteiger partial charge in [-0.1, -0.05) is 18.7 Å². The number of carbonyl (C=O) groups excluding carboxylic acids is 1. The van der Waals surface area contributed by atoms with E-state index in [0.29, 0.717) is 11.3 Å². The monoisotopic (exact) mass is 503 g/mol. The minimum absolute atomic E-state index is 0.0135. The summed E-state index contributed by atoms with van der Waals surface area (Å²) in [6.07, 6.45) is 1.79. The number of carbonyl (C=O) groups is 1. The van der Waals surface area contributed by atoms with Crippen LogP contribution in [0.2, 0.25) is 0 Å². The van der Waals surface area contributed by atoms with Crippen molar-refractivity contribution in [3.05, 3.63) is 59.3 Å². The van der Waals surface area contributed by atoms with Gasteiger partial charge in [-0.25, -0.2) is 23.4 Å². The highest BCUT2D eigenvalue weighted by atomic mass is 19.3. The fourth-order valence-corrected chi connectivity index (χ4v) is 4.04. The first kappa shape index (κ1) is 23.6. The number of nitrogens with two attached hydrogens (primary N) is 1. The summed E-state index contributed by atoms with van der Waals surface area (Å²) in [6, 6.07) is 4.75. The van der Waals surface area contributed by atoms with Gasteiger partial charge in [-0.3, -0.25) is 4.79 Å². The molecule has 9 nitrogen and oxygen atoms in total. The Bertz CT molecular complexity index is 1390. The zero-order valence-electron chi connectivity index (χ0n) is 19.0. The smallest absolute Gasteiger partial charge is 0.388 e. The summed E-state index contributed by atoms with van der Waals surface area (Å²) in [5, 5.41) is 10.1. The van der Waals surface area contributed by atoms with Crippen molar-refractivity contribution in [2.75, 3.05) is 11.1 Å². The van der Waals surface area contributed by atoms with Crippen molar-refractivity contribution in [3.8, 4) is 17.4 Å². The Kier molecular flexibility index (Phi) is 5.57. The first-order chi connectivity index (χ1) is 17.1. The highest BCUT2D eigenvalue weighted by Gasteiger charge is 2.49. The highest BCUT2D eigenvalue weighted by Crippen LogP contribution is 2.45. The molecule has 0 spiro atoms. The molecule has 2 aromatic heterocycles. The molecule has 0 bridgehead atoms. The number of hydrogen-bond acceptors (Lipinski definition) is 7. The van der Waals surface area contributed by atoms with E-state index in [2.05, 4.69) is 37.0 Å². The maximum absolute atomic E-state index is 14.2. The number of halogens is 4. The molecule has 13 heteroatoms. The number of ether oxygens (including phenoxy) is 1. The zero-order chi connectivity index (χ0) is 25.8. The van der Waals surface area contributed by atoms with Gasteiger partial charge in [0.25, 0.3) is 0 Å². The molecule has 1 saturated carbocycles. The molecule has 3 heterocycles. The van der Waals surface area contributed by atoms with Crippen molar-refractivity contribution in [1.82, 2.24) is 25.1 Å². The van der Waals surface area contributed by atoms with Gasteiger partial charge in [-0.15, -0.1) is 0 Å². The maximum atomic E-state index is 14.2. The van der Waals surface area contributed by atoms with E-state index in [9.17, 15) is 22.4 Å². The van der Waals surface area contributed by atoms with Gasteiger partial charge in [0.05, 0.1) is 12.1 Å². The van der Waals surface area contributed by atoms with E-state index in [1.54, 1.807) is 6.92 Å².